The lowest BCUT2D eigenvalue weighted by atomic mass is 9.79. The van der Waals surface area contributed by atoms with Gasteiger partial charge in [0.1, 0.15) is 0 Å². The number of fused-ring (bicyclic) bond motifs is 1. The van der Waals surface area contributed by atoms with E-state index in [9.17, 15) is 9.59 Å². The molecule has 6 heteroatoms. The van der Waals surface area contributed by atoms with Gasteiger partial charge in [0.15, 0.2) is 0 Å². The van der Waals surface area contributed by atoms with Crippen LogP contribution in [-0.2, 0) is 16.0 Å². The summed E-state index contributed by atoms with van der Waals surface area (Å²) in [5.74, 6) is 1.14. The van der Waals surface area contributed by atoms with Crippen molar-refractivity contribution >= 4 is 22.7 Å². The second-order valence-electron chi connectivity index (χ2n) is 8.37. The van der Waals surface area contributed by atoms with Gasteiger partial charge in [-0.05, 0) is 36.8 Å². The topological polar surface area (TPSA) is 69.3 Å². The first kappa shape index (κ1) is 15.9. The SMILES string of the molecule is O=C(CC1CC1)N1CCC2(C1)CN(C(=O)Cc1c[nH]c3cnccc13)C2. The first-order valence-corrected chi connectivity index (χ1v) is 9.57. The normalized spacial score (nSPS) is 21.4. The summed E-state index contributed by atoms with van der Waals surface area (Å²) in [4.78, 5) is 36.2. The molecule has 1 spiro atoms. The molecule has 2 aromatic rings. The Morgan fingerprint density at radius 3 is 2.81 bits per heavy atom. The van der Waals surface area contributed by atoms with Gasteiger partial charge >= 0.3 is 0 Å². The predicted octanol–water partition coefficient (Wildman–Crippen LogP) is 1.97. The molecule has 0 unspecified atom stereocenters. The third-order valence-electron chi connectivity index (χ3n) is 6.27. The monoisotopic (exact) mass is 352 g/mol. The van der Waals surface area contributed by atoms with E-state index in [0.717, 1.165) is 55.5 Å². The highest BCUT2D eigenvalue weighted by atomic mass is 16.2. The number of aromatic nitrogens is 2. The molecule has 0 bridgehead atoms. The van der Waals surface area contributed by atoms with E-state index in [0.29, 0.717) is 18.2 Å². The Bertz CT molecular complexity index is 864. The first-order valence-electron chi connectivity index (χ1n) is 9.57. The van der Waals surface area contributed by atoms with Gasteiger partial charge in [-0.25, -0.2) is 0 Å². The number of likely N-dealkylation sites (tertiary alicyclic amines) is 2. The highest BCUT2D eigenvalue weighted by molar-refractivity contribution is 5.88. The van der Waals surface area contributed by atoms with Gasteiger partial charge in [0, 0.05) is 55.8 Å². The van der Waals surface area contributed by atoms with Gasteiger partial charge in [0.25, 0.3) is 0 Å². The predicted molar refractivity (Wildman–Crippen MR) is 97.3 cm³/mol. The third-order valence-corrected chi connectivity index (χ3v) is 6.27. The van der Waals surface area contributed by atoms with E-state index in [1.165, 1.54) is 12.8 Å². The Kier molecular flexibility index (Phi) is 3.55. The van der Waals surface area contributed by atoms with E-state index < -0.39 is 0 Å². The molecule has 0 aromatic carbocycles. The zero-order valence-electron chi connectivity index (χ0n) is 14.9. The summed E-state index contributed by atoms with van der Waals surface area (Å²) in [7, 11) is 0. The van der Waals surface area contributed by atoms with Crippen molar-refractivity contribution in [3.63, 3.8) is 0 Å². The van der Waals surface area contributed by atoms with Gasteiger partial charge in [-0.3, -0.25) is 14.6 Å². The number of hydrogen-bond acceptors (Lipinski definition) is 3. The minimum atomic E-state index is 0.152. The van der Waals surface area contributed by atoms with Gasteiger partial charge in [-0.15, -0.1) is 0 Å². The smallest absolute Gasteiger partial charge is 0.227 e. The Balaban J connectivity index is 1.17. The number of H-pyrrole nitrogens is 1. The summed E-state index contributed by atoms with van der Waals surface area (Å²) in [6.07, 6.45) is 10.1. The van der Waals surface area contributed by atoms with Crippen LogP contribution in [0.15, 0.2) is 24.7 Å². The Morgan fingerprint density at radius 2 is 2.00 bits per heavy atom. The van der Waals surface area contributed by atoms with Crippen LogP contribution in [0.2, 0.25) is 0 Å². The summed E-state index contributed by atoms with van der Waals surface area (Å²) in [5.41, 5.74) is 2.15. The standard InChI is InChI=1S/C20H24N4O2/c25-18(7-14-1-2-14)23-6-4-20(11-23)12-24(13-20)19(26)8-15-9-22-17-10-21-5-3-16(15)17/h3,5,9-10,14,22H,1-2,4,6-8,11-13H2. The largest absolute Gasteiger partial charge is 0.360 e. The number of aromatic amines is 1. The maximum Gasteiger partial charge on any atom is 0.227 e. The molecule has 3 fully saturated rings. The minimum absolute atomic E-state index is 0.152. The van der Waals surface area contributed by atoms with Gasteiger partial charge in [-0.2, -0.15) is 0 Å². The van der Waals surface area contributed by atoms with E-state index in [1.807, 2.05) is 22.1 Å². The van der Waals surface area contributed by atoms with E-state index in [1.54, 1.807) is 12.4 Å². The van der Waals surface area contributed by atoms with Gasteiger partial charge in [0.2, 0.25) is 11.8 Å². The Labute approximate surface area is 152 Å². The Hall–Kier alpha value is -2.37. The summed E-state index contributed by atoms with van der Waals surface area (Å²) < 4.78 is 0. The van der Waals surface area contributed by atoms with Gasteiger partial charge in [0.05, 0.1) is 18.1 Å². The molecule has 2 amide bonds. The van der Waals surface area contributed by atoms with Crippen LogP contribution in [0.5, 0.6) is 0 Å². The van der Waals surface area contributed by atoms with E-state index >= 15 is 0 Å². The average Bonchev–Trinajstić information content (AvgIpc) is 3.16. The summed E-state index contributed by atoms with van der Waals surface area (Å²) in [6.45, 7) is 3.29. The number of hydrogen-bond donors (Lipinski definition) is 1. The van der Waals surface area contributed by atoms with Crippen molar-refractivity contribution in [1.29, 1.82) is 0 Å². The van der Waals surface area contributed by atoms with Crippen molar-refractivity contribution < 1.29 is 9.59 Å². The lowest BCUT2D eigenvalue weighted by molar-refractivity contribution is -0.142. The fourth-order valence-electron chi connectivity index (χ4n) is 4.50. The number of carbonyl (C=O) groups is 2. The molecule has 2 aromatic heterocycles. The van der Waals surface area contributed by atoms with Crippen molar-refractivity contribution in [2.45, 2.75) is 32.1 Å². The zero-order chi connectivity index (χ0) is 17.7. The number of pyridine rings is 1. The van der Waals surface area contributed by atoms with Crippen LogP contribution in [0.3, 0.4) is 0 Å². The van der Waals surface area contributed by atoms with Crippen LogP contribution in [0, 0.1) is 11.3 Å². The van der Waals surface area contributed by atoms with Crippen LogP contribution >= 0.6 is 0 Å². The molecule has 26 heavy (non-hydrogen) atoms. The van der Waals surface area contributed by atoms with Crippen LogP contribution in [0.25, 0.3) is 10.9 Å². The number of nitrogens with zero attached hydrogens (tertiary/aromatic N) is 3. The molecule has 2 aliphatic heterocycles. The maximum atomic E-state index is 12.7. The summed E-state index contributed by atoms with van der Waals surface area (Å²) in [5, 5.41) is 1.07. The fourth-order valence-corrected chi connectivity index (χ4v) is 4.50. The molecule has 0 radical (unpaired) electrons. The van der Waals surface area contributed by atoms with E-state index in [2.05, 4.69) is 9.97 Å². The van der Waals surface area contributed by atoms with Crippen LogP contribution in [0.4, 0.5) is 0 Å². The van der Waals surface area contributed by atoms with Crippen LogP contribution in [0.1, 0.15) is 31.2 Å². The molecule has 1 aliphatic carbocycles. The maximum absolute atomic E-state index is 12.7. The molecular weight excluding hydrogens is 328 g/mol. The molecular formula is C20H24N4O2. The highest BCUT2D eigenvalue weighted by Gasteiger charge is 2.50. The number of carbonyl (C=O) groups excluding carboxylic acids is 2. The van der Waals surface area contributed by atoms with Crippen molar-refractivity contribution in [1.82, 2.24) is 19.8 Å². The molecule has 3 aliphatic rings. The first-order chi connectivity index (χ1) is 12.6. The quantitative estimate of drug-likeness (QED) is 0.915. The summed E-state index contributed by atoms with van der Waals surface area (Å²) >= 11 is 0. The number of rotatable bonds is 4. The minimum Gasteiger partial charge on any atom is -0.360 e. The van der Waals surface area contributed by atoms with Gasteiger partial charge in [-0.1, -0.05) is 0 Å². The zero-order valence-corrected chi connectivity index (χ0v) is 14.9. The fraction of sp³-hybridized carbons (Fsp3) is 0.550. The van der Waals surface area contributed by atoms with Crippen molar-refractivity contribution in [2.75, 3.05) is 26.2 Å². The van der Waals surface area contributed by atoms with Crippen molar-refractivity contribution in [3.8, 4) is 0 Å². The molecule has 1 N–H and O–H groups in total. The average molecular weight is 352 g/mol. The second kappa shape index (κ2) is 5.83. The molecule has 1 saturated carbocycles. The van der Waals surface area contributed by atoms with E-state index in [-0.39, 0.29) is 11.3 Å². The lowest BCUT2D eigenvalue weighted by Gasteiger charge is -2.48. The highest BCUT2D eigenvalue weighted by Crippen LogP contribution is 2.41. The third kappa shape index (κ3) is 2.77. The lowest BCUT2D eigenvalue weighted by Crippen LogP contribution is -2.60. The Morgan fingerprint density at radius 1 is 1.19 bits per heavy atom. The molecule has 4 heterocycles. The van der Waals surface area contributed by atoms with Crippen molar-refractivity contribution in [3.05, 3.63) is 30.2 Å². The molecule has 0 atom stereocenters. The molecule has 6 nitrogen and oxygen atoms in total. The van der Waals surface area contributed by atoms with Crippen LogP contribution < -0.4 is 0 Å². The van der Waals surface area contributed by atoms with Gasteiger partial charge < -0.3 is 14.8 Å². The number of amides is 2. The van der Waals surface area contributed by atoms with E-state index in [4.69, 9.17) is 0 Å². The van der Waals surface area contributed by atoms with Crippen LogP contribution in [-0.4, -0.2) is 57.8 Å². The molecule has 5 rings (SSSR count). The molecule has 2 saturated heterocycles. The second-order valence-corrected chi connectivity index (χ2v) is 8.37. The summed E-state index contributed by atoms with van der Waals surface area (Å²) in [6, 6.07) is 1.95. The number of nitrogens with one attached hydrogen (secondary N) is 1. The van der Waals surface area contributed by atoms with Crippen molar-refractivity contribution in [2.24, 2.45) is 11.3 Å². The molecule has 136 valence electrons.